The Balaban J connectivity index is 0.952. The van der Waals surface area contributed by atoms with Crippen LogP contribution in [-0.2, 0) is 11.3 Å². The zero-order chi connectivity index (χ0) is 36.2. The molecule has 1 aliphatic carbocycles. The molecular formula is C49H44BrNO2. The molecule has 0 spiro atoms. The van der Waals surface area contributed by atoms with Crippen molar-refractivity contribution in [3.63, 3.8) is 0 Å². The fraction of sp³-hybridized carbons (Fsp3) is 0.143. The van der Waals surface area contributed by atoms with E-state index < -0.39 is 0 Å². The molecule has 0 N–H and O–H groups in total. The summed E-state index contributed by atoms with van der Waals surface area (Å²) in [5, 5.41) is 0. The van der Waals surface area contributed by atoms with Gasteiger partial charge in [0.05, 0.1) is 13.2 Å². The number of nitrogens with zero attached hydrogens (tertiary/aromatic N) is 1. The van der Waals surface area contributed by atoms with Crippen molar-refractivity contribution in [1.29, 1.82) is 0 Å². The first kappa shape index (κ1) is 36.0. The van der Waals surface area contributed by atoms with Crippen molar-refractivity contribution in [2.45, 2.75) is 30.7 Å². The van der Waals surface area contributed by atoms with Crippen molar-refractivity contribution in [2.75, 3.05) is 18.1 Å². The van der Waals surface area contributed by atoms with Crippen molar-refractivity contribution in [1.82, 2.24) is 0 Å². The first-order valence-electron chi connectivity index (χ1n) is 18.3. The predicted molar refractivity (Wildman–Crippen MR) is 227 cm³/mol. The molecule has 53 heavy (non-hydrogen) atoms. The van der Waals surface area contributed by atoms with Crippen LogP contribution in [0.1, 0.15) is 36.0 Å². The molecule has 0 heterocycles. The number of anilines is 3. The second kappa shape index (κ2) is 17.9. The van der Waals surface area contributed by atoms with Crippen LogP contribution >= 0.6 is 15.9 Å². The number of para-hydroxylation sites is 1. The Morgan fingerprint density at radius 2 is 1.13 bits per heavy atom. The minimum Gasteiger partial charge on any atom is -0.494 e. The molecule has 0 aliphatic heterocycles. The molecule has 4 heteroatoms. The smallest absolute Gasteiger partial charge is 0.119 e. The molecule has 1 unspecified atom stereocenters. The Hall–Kier alpha value is -5.42. The Bertz CT molecular complexity index is 2120. The number of rotatable bonds is 15. The van der Waals surface area contributed by atoms with E-state index in [0.717, 1.165) is 53.2 Å². The third-order valence-electron chi connectivity index (χ3n) is 9.49. The maximum Gasteiger partial charge on any atom is 0.119 e. The summed E-state index contributed by atoms with van der Waals surface area (Å²) in [6, 6.07) is 53.8. The van der Waals surface area contributed by atoms with Crippen molar-refractivity contribution in [3.8, 4) is 28.0 Å². The highest BCUT2D eigenvalue weighted by Gasteiger charge is 2.13. The van der Waals surface area contributed by atoms with E-state index >= 15 is 0 Å². The van der Waals surface area contributed by atoms with Crippen LogP contribution < -0.4 is 9.64 Å². The molecule has 3 nitrogen and oxygen atoms in total. The molecule has 0 amide bonds. The minimum absolute atomic E-state index is 0.438. The monoisotopic (exact) mass is 757 g/mol. The maximum atomic E-state index is 6.00. The Labute approximate surface area is 322 Å². The van der Waals surface area contributed by atoms with E-state index in [4.69, 9.17) is 9.47 Å². The molecule has 7 rings (SSSR count). The number of unbranched alkanes of at least 4 members (excludes halogenated alkanes) is 1. The molecule has 1 atom stereocenters. The molecule has 0 fully saturated rings. The summed E-state index contributed by atoms with van der Waals surface area (Å²) in [5.74, 6) is 0.888. The van der Waals surface area contributed by atoms with Crippen LogP contribution in [0.15, 0.2) is 176 Å². The van der Waals surface area contributed by atoms with Gasteiger partial charge < -0.3 is 14.4 Å². The van der Waals surface area contributed by atoms with Crippen molar-refractivity contribution in [2.24, 2.45) is 0 Å². The van der Waals surface area contributed by atoms with Crippen LogP contribution in [0.4, 0.5) is 17.1 Å². The van der Waals surface area contributed by atoms with Gasteiger partial charge >= 0.3 is 0 Å². The first-order chi connectivity index (χ1) is 26.1. The van der Waals surface area contributed by atoms with Crippen molar-refractivity contribution in [3.05, 3.63) is 193 Å². The molecule has 0 saturated heterocycles. The van der Waals surface area contributed by atoms with Crippen LogP contribution in [0.5, 0.6) is 5.75 Å². The third-order valence-corrected chi connectivity index (χ3v) is 10.2. The standard InChI is InChI=1S/C49H44BrNO2/c1-2-37-12-32-49(33-13-37)53-35-7-6-34-52-36-38-10-28-47(29-11-38)51(46-8-4-3-5-9-46)48-30-24-44(25-31-48)42-20-16-40(17-21-42)39-14-18-41(19-15-39)43-22-26-45(50)27-23-43/h2-5,8-26,28-33,45H,1,6-7,27,34-36H2. The number of halogens is 1. The van der Waals surface area contributed by atoms with Crippen LogP contribution in [-0.4, -0.2) is 18.0 Å². The second-order valence-corrected chi connectivity index (χ2v) is 14.4. The highest BCUT2D eigenvalue weighted by molar-refractivity contribution is 9.09. The number of ether oxygens (including phenoxy) is 2. The number of allylic oxidation sites excluding steroid dienone is 4. The van der Waals surface area contributed by atoms with E-state index in [-0.39, 0.29) is 0 Å². The van der Waals surface area contributed by atoms with E-state index in [9.17, 15) is 0 Å². The quantitative estimate of drug-likeness (QED) is 0.0769. The predicted octanol–water partition coefficient (Wildman–Crippen LogP) is 13.6. The lowest BCUT2D eigenvalue weighted by Crippen LogP contribution is -2.10. The van der Waals surface area contributed by atoms with E-state index in [1.807, 2.05) is 30.3 Å². The lowest BCUT2D eigenvalue weighted by atomic mass is 9.96. The SMILES string of the molecule is C=Cc1ccc(OCCCCOCc2ccc(N(c3ccccc3)c3ccc(-c4ccc(-c5ccc(C6=CCC(Br)C=C6)cc5)cc4)cc3)cc2)cc1. The van der Waals surface area contributed by atoms with Gasteiger partial charge in [-0.15, -0.1) is 0 Å². The molecule has 0 saturated carbocycles. The summed E-state index contributed by atoms with van der Waals surface area (Å²) < 4.78 is 11.9. The Morgan fingerprint density at radius 3 is 1.70 bits per heavy atom. The second-order valence-electron chi connectivity index (χ2n) is 13.2. The molecule has 264 valence electrons. The normalized spacial score (nSPS) is 13.7. The van der Waals surface area contributed by atoms with Gasteiger partial charge in [-0.3, -0.25) is 0 Å². The Morgan fingerprint density at radius 1 is 0.604 bits per heavy atom. The lowest BCUT2D eigenvalue weighted by molar-refractivity contribution is 0.113. The fourth-order valence-corrected chi connectivity index (χ4v) is 6.81. The van der Waals surface area contributed by atoms with Crippen molar-refractivity contribution < 1.29 is 9.47 Å². The van der Waals surface area contributed by atoms with Gasteiger partial charge in [0.25, 0.3) is 0 Å². The fourth-order valence-electron chi connectivity index (χ4n) is 6.47. The number of benzene rings is 6. The average molecular weight is 759 g/mol. The topological polar surface area (TPSA) is 21.7 Å². The van der Waals surface area contributed by atoms with Gasteiger partial charge in [0, 0.05) is 28.5 Å². The van der Waals surface area contributed by atoms with Crippen LogP contribution in [0, 0.1) is 0 Å². The van der Waals surface area contributed by atoms with Crippen molar-refractivity contribution >= 4 is 44.6 Å². The molecule has 1 aliphatic rings. The van der Waals surface area contributed by atoms with Crippen LogP contribution in [0.2, 0.25) is 0 Å². The summed E-state index contributed by atoms with van der Waals surface area (Å²) in [4.78, 5) is 2.73. The van der Waals surface area contributed by atoms with Gasteiger partial charge in [0.1, 0.15) is 5.75 Å². The minimum atomic E-state index is 0.438. The zero-order valence-corrected chi connectivity index (χ0v) is 31.5. The number of hydrogen-bond acceptors (Lipinski definition) is 3. The van der Waals surface area contributed by atoms with Gasteiger partial charge in [0.15, 0.2) is 0 Å². The van der Waals surface area contributed by atoms with Gasteiger partial charge in [-0.05, 0) is 112 Å². The average Bonchev–Trinajstić information content (AvgIpc) is 3.22. The first-order valence-corrected chi connectivity index (χ1v) is 19.3. The Kier molecular flexibility index (Phi) is 12.1. The van der Waals surface area contributed by atoms with Gasteiger partial charge in [-0.1, -0.05) is 150 Å². The van der Waals surface area contributed by atoms with Gasteiger partial charge in [0.2, 0.25) is 0 Å². The largest absolute Gasteiger partial charge is 0.494 e. The highest BCUT2D eigenvalue weighted by atomic mass is 79.9. The third kappa shape index (κ3) is 9.53. The molecular weight excluding hydrogens is 714 g/mol. The molecule has 6 aromatic carbocycles. The molecule has 0 radical (unpaired) electrons. The summed E-state index contributed by atoms with van der Waals surface area (Å²) >= 11 is 3.66. The van der Waals surface area contributed by atoms with Gasteiger partial charge in [-0.25, -0.2) is 0 Å². The number of alkyl halides is 1. The summed E-state index contributed by atoms with van der Waals surface area (Å²) in [7, 11) is 0. The van der Waals surface area contributed by atoms with E-state index in [1.165, 1.54) is 33.4 Å². The molecule has 6 aromatic rings. The van der Waals surface area contributed by atoms with Crippen LogP contribution in [0.25, 0.3) is 33.9 Å². The van der Waals surface area contributed by atoms with Gasteiger partial charge in [-0.2, -0.15) is 0 Å². The van der Waals surface area contributed by atoms with E-state index in [1.54, 1.807) is 0 Å². The zero-order valence-electron chi connectivity index (χ0n) is 29.9. The summed E-state index contributed by atoms with van der Waals surface area (Å²) in [5.41, 5.74) is 12.9. The summed E-state index contributed by atoms with van der Waals surface area (Å²) in [6.07, 6.45) is 11.5. The van der Waals surface area contributed by atoms with E-state index in [2.05, 4.69) is 173 Å². The highest BCUT2D eigenvalue weighted by Crippen LogP contribution is 2.36. The molecule has 0 bridgehead atoms. The van der Waals surface area contributed by atoms with E-state index in [0.29, 0.717) is 24.6 Å². The summed E-state index contributed by atoms with van der Waals surface area (Å²) in [6.45, 7) is 5.76. The van der Waals surface area contributed by atoms with Crippen LogP contribution in [0.3, 0.4) is 0 Å². The maximum absolute atomic E-state index is 6.00. The number of hydrogen-bond donors (Lipinski definition) is 0. The molecule has 0 aromatic heterocycles. The lowest BCUT2D eigenvalue weighted by Gasteiger charge is -2.26.